The van der Waals surface area contributed by atoms with E-state index in [-0.39, 0.29) is 5.54 Å². The fourth-order valence-corrected chi connectivity index (χ4v) is 4.64. The molecule has 2 saturated carbocycles. The highest BCUT2D eigenvalue weighted by Crippen LogP contribution is 2.41. The highest BCUT2D eigenvalue weighted by Gasteiger charge is 2.43. The maximum atomic E-state index is 9.43. The van der Waals surface area contributed by atoms with E-state index in [2.05, 4.69) is 20.7 Å². The number of hydrogen-bond acceptors (Lipinski definition) is 6. The molecule has 2 atom stereocenters. The Hall–Kier alpha value is -0.640. The third kappa shape index (κ3) is 2.68. The molecule has 2 aliphatic rings. The topological polar surface area (TPSA) is 61.6 Å². The summed E-state index contributed by atoms with van der Waals surface area (Å²) in [6.45, 7) is 1.92. The number of aryl methyl sites for hydroxylation is 1. The summed E-state index contributed by atoms with van der Waals surface area (Å²) >= 11 is 3.26. The second-order valence-corrected chi connectivity index (χ2v) is 7.50. The molecule has 18 heavy (non-hydrogen) atoms. The van der Waals surface area contributed by atoms with Crippen LogP contribution in [0, 0.1) is 18.3 Å². The van der Waals surface area contributed by atoms with Crippen LogP contribution in [0.15, 0.2) is 4.34 Å². The van der Waals surface area contributed by atoms with Crippen LogP contribution in [-0.4, -0.2) is 26.2 Å². The van der Waals surface area contributed by atoms with Crippen molar-refractivity contribution in [1.29, 1.82) is 5.26 Å². The van der Waals surface area contributed by atoms with E-state index in [4.69, 9.17) is 0 Å². The van der Waals surface area contributed by atoms with Crippen LogP contribution < -0.4 is 5.32 Å². The number of thioether (sulfide) groups is 1. The van der Waals surface area contributed by atoms with Crippen molar-refractivity contribution in [3.63, 3.8) is 0 Å². The van der Waals surface area contributed by atoms with Crippen LogP contribution in [0.1, 0.15) is 37.9 Å². The molecule has 0 aromatic carbocycles. The van der Waals surface area contributed by atoms with Gasteiger partial charge in [0.15, 0.2) is 4.34 Å². The highest BCUT2D eigenvalue weighted by atomic mass is 32.2. The van der Waals surface area contributed by atoms with Gasteiger partial charge in [0, 0.05) is 11.3 Å². The van der Waals surface area contributed by atoms with Crippen LogP contribution in [-0.2, 0) is 0 Å². The minimum absolute atomic E-state index is 0.279. The van der Waals surface area contributed by atoms with Gasteiger partial charge in [0.1, 0.15) is 11.4 Å². The van der Waals surface area contributed by atoms with E-state index < -0.39 is 0 Å². The second kappa shape index (κ2) is 4.80. The summed E-state index contributed by atoms with van der Waals surface area (Å²) in [5.41, 5.74) is -0.279. The highest BCUT2D eigenvalue weighted by molar-refractivity contribution is 8.01. The quantitative estimate of drug-likeness (QED) is 0.918. The number of nitriles is 1. The maximum Gasteiger partial charge on any atom is 0.170 e. The zero-order chi connectivity index (χ0) is 12.6. The Balaban J connectivity index is 1.61. The molecule has 1 aromatic heterocycles. The third-order valence-electron chi connectivity index (χ3n) is 3.52. The molecule has 1 aromatic rings. The van der Waals surface area contributed by atoms with Crippen LogP contribution in [0.4, 0.5) is 0 Å². The minimum atomic E-state index is -0.279. The van der Waals surface area contributed by atoms with Crippen LogP contribution in [0.2, 0.25) is 0 Å². The van der Waals surface area contributed by atoms with Crippen molar-refractivity contribution in [3.8, 4) is 6.07 Å². The Morgan fingerprint density at radius 3 is 2.94 bits per heavy atom. The Labute approximate surface area is 115 Å². The molecule has 2 fully saturated rings. The van der Waals surface area contributed by atoms with E-state index in [0.29, 0.717) is 11.3 Å². The Morgan fingerprint density at radius 2 is 2.33 bits per heavy atom. The number of nitrogens with zero attached hydrogens (tertiary/aromatic N) is 3. The number of rotatable bonds is 4. The van der Waals surface area contributed by atoms with Gasteiger partial charge in [0.25, 0.3) is 0 Å². The Bertz CT molecular complexity index is 477. The van der Waals surface area contributed by atoms with E-state index in [0.717, 1.165) is 29.4 Å². The standard InChI is InChI=1S/C12H16N4S2/c1-8-14-11(18-16-8)17-10-4-5-12(6-10,7-13)15-9-2-3-9/h9-10,15H,2-6H2,1H3. The van der Waals surface area contributed by atoms with Crippen molar-refractivity contribution in [2.24, 2.45) is 0 Å². The molecule has 0 bridgehead atoms. The lowest BCUT2D eigenvalue weighted by atomic mass is 10.00. The summed E-state index contributed by atoms with van der Waals surface area (Å²) in [5.74, 6) is 0.850. The van der Waals surface area contributed by atoms with Crippen molar-refractivity contribution >= 4 is 23.3 Å². The summed E-state index contributed by atoms with van der Waals surface area (Å²) in [7, 11) is 0. The predicted octanol–water partition coefficient (Wildman–Crippen LogP) is 2.51. The number of aromatic nitrogens is 2. The van der Waals surface area contributed by atoms with E-state index >= 15 is 0 Å². The van der Waals surface area contributed by atoms with Gasteiger partial charge in [-0.15, -0.1) is 0 Å². The molecule has 3 rings (SSSR count). The molecule has 0 saturated heterocycles. The lowest BCUT2D eigenvalue weighted by Crippen LogP contribution is -2.43. The smallest absolute Gasteiger partial charge is 0.170 e. The first-order valence-electron chi connectivity index (χ1n) is 6.35. The van der Waals surface area contributed by atoms with Crippen molar-refractivity contribution < 1.29 is 0 Å². The van der Waals surface area contributed by atoms with E-state index in [1.807, 2.05) is 6.92 Å². The van der Waals surface area contributed by atoms with Crippen LogP contribution in [0.5, 0.6) is 0 Å². The van der Waals surface area contributed by atoms with Crippen molar-refractivity contribution in [1.82, 2.24) is 14.7 Å². The first-order chi connectivity index (χ1) is 8.69. The first kappa shape index (κ1) is 12.4. The minimum Gasteiger partial charge on any atom is -0.297 e. The van der Waals surface area contributed by atoms with Crippen molar-refractivity contribution in [3.05, 3.63) is 5.82 Å². The SMILES string of the molecule is Cc1nsc(SC2CCC(C#N)(NC3CC3)C2)n1. The Morgan fingerprint density at radius 1 is 1.50 bits per heavy atom. The maximum absolute atomic E-state index is 9.43. The van der Waals surface area contributed by atoms with Gasteiger partial charge in [-0.2, -0.15) is 9.64 Å². The fourth-order valence-electron chi connectivity index (χ4n) is 2.45. The van der Waals surface area contributed by atoms with Gasteiger partial charge in [-0.1, -0.05) is 11.8 Å². The molecule has 2 aliphatic carbocycles. The summed E-state index contributed by atoms with van der Waals surface area (Å²) in [5, 5.41) is 13.5. The predicted molar refractivity (Wildman–Crippen MR) is 72.6 cm³/mol. The lowest BCUT2D eigenvalue weighted by Gasteiger charge is -2.22. The van der Waals surface area contributed by atoms with Gasteiger partial charge in [-0.05, 0) is 50.6 Å². The lowest BCUT2D eigenvalue weighted by molar-refractivity contribution is 0.420. The second-order valence-electron chi connectivity index (χ2n) is 5.20. The molecule has 4 nitrogen and oxygen atoms in total. The molecule has 1 heterocycles. The van der Waals surface area contributed by atoms with Gasteiger partial charge in [-0.25, -0.2) is 4.98 Å². The van der Waals surface area contributed by atoms with E-state index in [1.165, 1.54) is 24.4 Å². The summed E-state index contributed by atoms with van der Waals surface area (Å²) < 4.78 is 5.24. The van der Waals surface area contributed by atoms with Gasteiger partial charge < -0.3 is 0 Å². The van der Waals surface area contributed by atoms with Gasteiger partial charge in [-0.3, -0.25) is 5.32 Å². The van der Waals surface area contributed by atoms with Crippen LogP contribution >= 0.6 is 23.3 Å². The molecular formula is C12H16N4S2. The number of nitrogens with one attached hydrogen (secondary N) is 1. The van der Waals surface area contributed by atoms with Crippen molar-refractivity contribution in [2.45, 2.75) is 60.2 Å². The van der Waals surface area contributed by atoms with E-state index in [1.54, 1.807) is 11.8 Å². The Kier molecular flexibility index (Phi) is 3.31. The van der Waals surface area contributed by atoms with E-state index in [9.17, 15) is 5.26 Å². The molecule has 6 heteroatoms. The molecule has 1 N–H and O–H groups in total. The fraction of sp³-hybridized carbons (Fsp3) is 0.750. The third-order valence-corrected chi connectivity index (χ3v) is 5.66. The molecule has 0 radical (unpaired) electrons. The largest absolute Gasteiger partial charge is 0.297 e. The van der Waals surface area contributed by atoms with Crippen molar-refractivity contribution in [2.75, 3.05) is 0 Å². The van der Waals surface area contributed by atoms with Crippen LogP contribution in [0.25, 0.3) is 0 Å². The molecule has 0 spiro atoms. The molecular weight excluding hydrogens is 264 g/mol. The molecule has 2 unspecified atom stereocenters. The van der Waals surface area contributed by atoms with Gasteiger partial charge in [0.2, 0.25) is 0 Å². The molecule has 0 amide bonds. The molecule has 96 valence electrons. The van der Waals surface area contributed by atoms with Gasteiger partial charge >= 0.3 is 0 Å². The first-order valence-corrected chi connectivity index (χ1v) is 8.00. The van der Waals surface area contributed by atoms with Gasteiger partial charge in [0.05, 0.1) is 6.07 Å². The normalized spacial score (nSPS) is 31.4. The summed E-state index contributed by atoms with van der Waals surface area (Å²) in [4.78, 5) is 4.39. The zero-order valence-electron chi connectivity index (χ0n) is 10.3. The summed E-state index contributed by atoms with van der Waals surface area (Å²) in [6, 6.07) is 3.11. The average molecular weight is 280 g/mol. The zero-order valence-corrected chi connectivity index (χ0v) is 12.0. The van der Waals surface area contributed by atoms with Crippen LogP contribution in [0.3, 0.4) is 0 Å². The average Bonchev–Trinajstić information content (AvgIpc) is 2.93. The summed E-state index contributed by atoms with van der Waals surface area (Å²) in [6.07, 6.45) is 5.46. The number of hydrogen-bond donors (Lipinski definition) is 1. The molecule has 0 aliphatic heterocycles. The monoisotopic (exact) mass is 280 g/mol.